The number of amides is 1. The van der Waals surface area contributed by atoms with Crippen molar-refractivity contribution in [2.45, 2.75) is 24.2 Å². The second-order valence-corrected chi connectivity index (χ2v) is 10.0. The number of aromatic nitrogens is 2. The summed E-state index contributed by atoms with van der Waals surface area (Å²) in [6.07, 6.45) is 6.66. The van der Waals surface area contributed by atoms with E-state index >= 15 is 0 Å². The molecule has 1 amide bonds. The lowest BCUT2D eigenvalue weighted by Gasteiger charge is -2.25. The van der Waals surface area contributed by atoms with Crippen LogP contribution in [-0.2, 0) is 10.0 Å². The summed E-state index contributed by atoms with van der Waals surface area (Å²) in [6, 6.07) is 19.4. The fourth-order valence-corrected chi connectivity index (χ4v) is 5.62. The molecule has 7 nitrogen and oxygen atoms in total. The van der Waals surface area contributed by atoms with Gasteiger partial charge in [-0.2, -0.15) is 4.31 Å². The van der Waals surface area contributed by atoms with Crippen molar-refractivity contribution < 1.29 is 13.2 Å². The lowest BCUT2D eigenvalue weighted by molar-refractivity contribution is 0.102. The molecule has 168 valence electrons. The molecule has 0 saturated carbocycles. The minimum absolute atomic E-state index is 0.214. The zero-order chi connectivity index (χ0) is 22.8. The zero-order valence-corrected chi connectivity index (χ0v) is 18.8. The third-order valence-electron chi connectivity index (χ3n) is 5.88. The molecule has 0 atom stereocenters. The van der Waals surface area contributed by atoms with E-state index in [1.165, 1.54) is 16.4 Å². The number of fused-ring (bicyclic) bond motifs is 1. The number of imidazole rings is 1. The number of carbonyl (C=O) groups excluding carboxylic acids is 1. The number of pyridine rings is 1. The number of piperidine rings is 1. The average Bonchev–Trinajstić information content (AvgIpc) is 3.29. The molecule has 0 unspecified atom stereocenters. The summed E-state index contributed by atoms with van der Waals surface area (Å²) < 4.78 is 29.2. The Hall–Kier alpha value is -3.49. The summed E-state index contributed by atoms with van der Waals surface area (Å²) in [6.45, 7) is 1.09. The number of nitrogens with one attached hydrogen (secondary N) is 1. The largest absolute Gasteiger partial charge is 0.321 e. The Morgan fingerprint density at radius 1 is 0.879 bits per heavy atom. The smallest absolute Gasteiger partial charge is 0.255 e. The highest BCUT2D eigenvalue weighted by Crippen LogP contribution is 2.28. The van der Waals surface area contributed by atoms with Gasteiger partial charge >= 0.3 is 0 Å². The fourth-order valence-electron chi connectivity index (χ4n) is 4.11. The van der Waals surface area contributed by atoms with Gasteiger partial charge in [-0.25, -0.2) is 13.4 Å². The van der Waals surface area contributed by atoms with Gasteiger partial charge in [-0.05, 0) is 55.3 Å². The SMILES string of the molecule is O=C(Nc1ccccc1-c1cn2ccccc2n1)c1ccc(S(=O)(=O)N2CCCCC2)cc1. The highest BCUT2D eigenvalue weighted by Gasteiger charge is 2.26. The number of rotatable bonds is 5. The number of nitrogens with zero attached hydrogens (tertiary/aromatic N) is 3. The summed E-state index contributed by atoms with van der Waals surface area (Å²) >= 11 is 0. The summed E-state index contributed by atoms with van der Waals surface area (Å²) in [5.74, 6) is -0.312. The molecule has 33 heavy (non-hydrogen) atoms. The van der Waals surface area contributed by atoms with Gasteiger partial charge in [-0.15, -0.1) is 0 Å². The van der Waals surface area contributed by atoms with E-state index in [-0.39, 0.29) is 10.8 Å². The molecule has 0 radical (unpaired) electrons. The van der Waals surface area contributed by atoms with Crippen LogP contribution in [-0.4, -0.2) is 41.1 Å². The van der Waals surface area contributed by atoms with E-state index in [0.717, 1.165) is 36.2 Å². The van der Waals surface area contributed by atoms with E-state index in [1.54, 1.807) is 12.1 Å². The van der Waals surface area contributed by atoms with Crippen LogP contribution in [0.25, 0.3) is 16.9 Å². The van der Waals surface area contributed by atoms with Crippen molar-refractivity contribution >= 4 is 27.3 Å². The fraction of sp³-hybridized carbons (Fsp3) is 0.200. The molecule has 1 fully saturated rings. The van der Waals surface area contributed by atoms with Gasteiger partial charge in [-0.3, -0.25) is 4.79 Å². The minimum atomic E-state index is -3.53. The van der Waals surface area contributed by atoms with Crippen molar-refractivity contribution in [1.29, 1.82) is 0 Å². The molecule has 4 aromatic rings. The van der Waals surface area contributed by atoms with Crippen LogP contribution in [0.5, 0.6) is 0 Å². The predicted octanol–water partition coefficient (Wildman–Crippen LogP) is 4.43. The van der Waals surface area contributed by atoms with Crippen LogP contribution in [0.4, 0.5) is 5.69 Å². The van der Waals surface area contributed by atoms with Gasteiger partial charge in [0.15, 0.2) is 0 Å². The third kappa shape index (κ3) is 4.27. The summed E-state index contributed by atoms with van der Waals surface area (Å²) in [5, 5.41) is 2.94. The first-order chi connectivity index (χ1) is 16.0. The maximum Gasteiger partial charge on any atom is 0.255 e. The molecule has 2 aromatic heterocycles. The topological polar surface area (TPSA) is 83.8 Å². The number of hydrogen-bond acceptors (Lipinski definition) is 4. The average molecular weight is 461 g/mol. The van der Waals surface area contributed by atoms with E-state index in [2.05, 4.69) is 10.3 Å². The Kier molecular flexibility index (Phi) is 5.70. The van der Waals surface area contributed by atoms with Crippen molar-refractivity contribution in [3.05, 3.63) is 84.7 Å². The number of para-hydroxylation sites is 1. The van der Waals surface area contributed by atoms with Crippen LogP contribution in [0.2, 0.25) is 0 Å². The van der Waals surface area contributed by atoms with Crippen molar-refractivity contribution in [1.82, 2.24) is 13.7 Å². The molecule has 0 bridgehead atoms. The first-order valence-electron chi connectivity index (χ1n) is 11.0. The Morgan fingerprint density at radius 2 is 1.61 bits per heavy atom. The monoisotopic (exact) mass is 460 g/mol. The molecule has 3 heterocycles. The molecule has 2 aromatic carbocycles. The predicted molar refractivity (Wildman–Crippen MR) is 128 cm³/mol. The number of anilines is 1. The number of carbonyl (C=O) groups is 1. The Morgan fingerprint density at radius 3 is 2.36 bits per heavy atom. The van der Waals surface area contributed by atoms with Gasteiger partial charge in [-0.1, -0.05) is 30.7 Å². The first kappa shape index (κ1) is 21.4. The molecule has 1 N–H and O–H groups in total. The van der Waals surface area contributed by atoms with E-state index in [4.69, 9.17) is 0 Å². The Balaban J connectivity index is 1.37. The number of benzene rings is 2. The molecule has 0 aliphatic carbocycles. The molecular weight excluding hydrogens is 436 g/mol. The third-order valence-corrected chi connectivity index (χ3v) is 7.80. The highest BCUT2D eigenvalue weighted by atomic mass is 32.2. The van der Waals surface area contributed by atoms with Gasteiger partial charge in [0.1, 0.15) is 5.65 Å². The van der Waals surface area contributed by atoms with Crippen molar-refractivity contribution in [3.8, 4) is 11.3 Å². The second kappa shape index (κ2) is 8.80. The van der Waals surface area contributed by atoms with Gasteiger partial charge in [0.25, 0.3) is 5.91 Å². The molecular formula is C25H24N4O3S. The molecule has 5 rings (SSSR count). The van der Waals surface area contributed by atoms with Gasteiger partial charge < -0.3 is 9.72 Å². The maximum atomic E-state index is 12.9. The molecule has 0 spiro atoms. The molecule has 8 heteroatoms. The van der Waals surface area contributed by atoms with Crippen LogP contribution >= 0.6 is 0 Å². The van der Waals surface area contributed by atoms with E-state index in [9.17, 15) is 13.2 Å². The van der Waals surface area contributed by atoms with Crippen molar-refractivity contribution in [2.24, 2.45) is 0 Å². The summed E-state index contributed by atoms with van der Waals surface area (Å²) in [5.41, 5.74) is 3.39. The van der Waals surface area contributed by atoms with E-state index < -0.39 is 10.0 Å². The lowest BCUT2D eigenvalue weighted by atomic mass is 10.1. The van der Waals surface area contributed by atoms with E-state index in [0.29, 0.717) is 24.3 Å². The van der Waals surface area contributed by atoms with Crippen LogP contribution in [0.15, 0.2) is 84.0 Å². The lowest BCUT2D eigenvalue weighted by Crippen LogP contribution is -2.35. The maximum absolute atomic E-state index is 12.9. The minimum Gasteiger partial charge on any atom is -0.321 e. The number of hydrogen-bond donors (Lipinski definition) is 1. The molecule has 1 aliphatic rings. The van der Waals surface area contributed by atoms with E-state index in [1.807, 2.05) is 59.3 Å². The van der Waals surface area contributed by atoms with Crippen molar-refractivity contribution in [2.75, 3.05) is 18.4 Å². The zero-order valence-electron chi connectivity index (χ0n) is 18.0. The quantitative estimate of drug-likeness (QED) is 0.478. The normalized spacial score (nSPS) is 14.9. The van der Waals surface area contributed by atoms with Crippen molar-refractivity contribution in [3.63, 3.8) is 0 Å². The van der Waals surface area contributed by atoms with Crippen LogP contribution in [0, 0.1) is 0 Å². The Bertz CT molecular complexity index is 1370. The van der Waals surface area contributed by atoms with Crippen LogP contribution in [0.3, 0.4) is 0 Å². The van der Waals surface area contributed by atoms with Gasteiger partial charge in [0.05, 0.1) is 16.3 Å². The summed E-state index contributed by atoms with van der Waals surface area (Å²) in [7, 11) is -3.53. The van der Waals surface area contributed by atoms with Crippen LogP contribution in [0.1, 0.15) is 29.6 Å². The molecule has 1 aliphatic heterocycles. The first-order valence-corrected chi connectivity index (χ1v) is 12.4. The molecule has 1 saturated heterocycles. The Labute approximate surface area is 192 Å². The van der Waals surface area contributed by atoms with Gasteiger partial charge in [0.2, 0.25) is 10.0 Å². The second-order valence-electron chi connectivity index (χ2n) is 8.08. The van der Waals surface area contributed by atoms with Gasteiger partial charge in [0, 0.05) is 36.6 Å². The van der Waals surface area contributed by atoms with Crippen LogP contribution < -0.4 is 5.32 Å². The summed E-state index contributed by atoms with van der Waals surface area (Å²) in [4.78, 5) is 17.8. The number of sulfonamides is 1. The standard InChI is InChI=1S/C25H24N4O3S/c30-25(19-11-13-20(14-12-19)33(31,32)29-16-5-1-6-17-29)27-22-9-3-2-8-21(22)23-18-28-15-7-4-10-24(28)26-23/h2-4,7-15,18H,1,5-6,16-17H2,(H,27,30). The highest BCUT2D eigenvalue weighted by molar-refractivity contribution is 7.89.